The minimum absolute atomic E-state index is 0.379. The van der Waals surface area contributed by atoms with Crippen molar-refractivity contribution in [3.8, 4) is 33.6 Å². The molecule has 1 unspecified atom stereocenters. The average molecular weight is 600 g/mol. The van der Waals surface area contributed by atoms with Crippen LogP contribution in [0.15, 0.2) is 104 Å². The van der Waals surface area contributed by atoms with E-state index in [4.69, 9.17) is 4.98 Å². The molecule has 0 bridgehead atoms. The van der Waals surface area contributed by atoms with E-state index in [1.54, 1.807) is 6.33 Å². The monoisotopic (exact) mass is 599 g/mol. The Hall–Kier alpha value is -4.19. The predicted molar refractivity (Wildman–Crippen MR) is 165 cm³/mol. The Bertz CT molecular complexity index is 1780. The molecule has 0 spiro atoms. The van der Waals surface area contributed by atoms with Gasteiger partial charge in [0.2, 0.25) is 0 Å². The first-order valence-electron chi connectivity index (χ1n) is 14.0. The Balaban J connectivity index is 1.07. The zero-order valence-electron chi connectivity index (χ0n) is 22.6. The van der Waals surface area contributed by atoms with E-state index in [9.17, 15) is 0 Å². The number of hydrogen-bond donors (Lipinski definition) is 0. The van der Waals surface area contributed by atoms with Crippen molar-refractivity contribution in [2.75, 3.05) is 13.1 Å². The summed E-state index contributed by atoms with van der Waals surface area (Å²) >= 11 is 1.51. The van der Waals surface area contributed by atoms with Crippen LogP contribution in [0.4, 0.5) is 0 Å². The summed E-state index contributed by atoms with van der Waals surface area (Å²) in [5, 5.41) is 5.75. The molecule has 202 valence electrons. The van der Waals surface area contributed by atoms with Gasteiger partial charge in [0, 0.05) is 29.1 Å². The fourth-order valence-electron chi connectivity index (χ4n) is 5.70. The summed E-state index contributed by atoms with van der Waals surface area (Å²) in [5.74, 6) is 0. The van der Waals surface area contributed by atoms with E-state index in [0.29, 0.717) is 6.04 Å². The van der Waals surface area contributed by atoms with Crippen LogP contribution >= 0.6 is 0 Å². The molecule has 1 aliphatic heterocycles. The van der Waals surface area contributed by atoms with Crippen LogP contribution in [0, 0.1) is 0 Å². The number of aromatic nitrogens is 6. The molecule has 41 heavy (non-hydrogen) atoms. The van der Waals surface area contributed by atoms with Crippen molar-refractivity contribution in [3.05, 3.63) is 109 Å². The Morgan fingerprint density at radius 3 is 2.34 bits per heavy atom. The Morgan fingerprint density at radius 2 is 1.56 bits per heavy atom. The molecule has 7 rings (SSSR count). The summed E-state index contributed by atoms with van der Waals surface area (Å²) in [7, 11) is 0. The summed E-state index contributed by atoms with van der Waals surface area (Å²) in [4.78, 5) is 20.9. The van der Waals surface area contributed by atoms with Gasteiger partial charge in [-0.15, -0.1) is 0 Å². The van der Waals surface area contributed by atoms with Crippen molar-refractivity contribution in [1.82, 2.24) is 34.6 Å². The van der Waals surface area contributed by atoms with E-state index in [2.05, 4.69) is 84.2 Å². The van der Waals surface area contributed by atoms with E-state index in [-0.39, 0.29) is 0 Å². The Labute approximate surface area is 247 Å². The van der Waals surface area contributed by atoms with Crippen molar-refractivity contribution in [3.63, 3.8) is 0 Å². The number of nitrogens with zero attached hydrogens (tertiary/aromatic N) is 7. The normalized spacial score (nSPS) is 14.5. The van der Waals surface area contributed by atoms with Crippen LogP contribution < -0.4 is 4.48 Å². The minimum atomic E-state index is 0.379. The second kappa shape index (κ2) is 11.4. The summed E-state index contributed by atoms with van der Waals surface area (Å²) in [5.41, 5.74) is 8.56. The molecule has 0 N–H and O–H groups in total. The fraction of sp³-hybridized carbons (Fsp3) is 0.182. The molecule has 2 aromatic carbocycles. The van der Waals surface area contributed by atoms with Gasteiger partial charge >= 0.3 is 138 Å². The topological polar surface area (TPSA) is 72.6 Å². The molecule has 1 atom stereocenters. The third kappa shape index (κ3) is 5.31. The van der Waals surface area contributed by atoms with Crippen LogP contribution in [0.1, 0.15) is 24.4 Å². The van der Waals surface area contributed by atoms with Gasteiger partial charge in [-0.1, -0.05) is 36.4 Å². The van der Waals surface area contributed by atoms with E-state index >= 15 is 0 Å². The Morgan fingerprint density at radius 1 is 0.756 bits per heavy atom. The van der Waals surface area contributed by atoms with E-state index in [1.807, 2.05) is 42.9 Å². The molecule has 8 heteroatoms. The first-order chi connectivity index (χ1) is 20.2. The van der Waals surface area contributed by atoms with Crippen molar-refractivity contribution >= 4 is 32.4 Å². The first-order valence-corrected chi connectivity index (χ1v) is 15.2. The molecule has 5 heterocycles. The molecule has 0 radical (unpaired) electrons. The number of likely N-dealkylation sites (tertiary alicyclic amines) is 1. The number of pyridine rings is 2. The summed E-state index contributed by atoms with van der Waals surface area (Å²) in [6.45, 7) is 3.02. The zero-order chi connectivity index (χ0) is 27.6. The van der Waals surface area contributed by atoms with E-state index < -0.39 is 0 Å². The average Bonchev–Trinajstić information content (AvgIpc) is 3.48. The summed E-state index contributed by atoms with van der Waals surface area (Å²) in [6, 6.07) is 27.9. The van der Waals surface area contributed by atoms with Crippen LogP contribution in [-0.2, 0) is 6.54 Å². The second-order valence-corrected chi connectivity index (χ2v) is 11.6. The van der Waals surface area contributed by atoms with Gasteiger partial charge < -0.3 is 0 Å². The van der Waals surface area contributed by atoms with Gasteiger partial charge in [-0.2, -0.15) is 0 Å². The van der Waals surface area contributed by atoms with Crippen LogP contribution in [0.2, 0.25) is 0 Å². The van der Waals surface area contributed by atoms with Crippen molar-refractivity contribution in [2.45, 2.75) is 25.4 Å². The molecular formula is C33H30AsN7. The predicted octanol–water partition coefficient (Wildman–Crippen LogP) is 4.71. The van der Waals surface area contributed by atoms with Gasteiger partial charge in [-0.05, 0) is 23.8 Å². The Kier molecular flexibility index (Phi) is 7.13. The fourth-order valence-corrected chi connectivity index (χ4v) is 6.27. The number of rotatable bonds is 6. The van der Waals surface area contributed by atoms with Gasteiger partial charge in [0.1, 0.15) is 0 Å². The first kappa shape index (κ1) is 25.8. The summed E-state index contributed by atoms with van der Waals surface area (Å²) in [6.07, 6.45) is 9.46. The molecule has 1 saturated heterocycles. The van der Waals surface area contributed by atoms with Crippen molar-refractivity contribution in [1.29, 1.82) is 0 Å². The standard InChI is InChI=1S/C33H30AsN7/c34-32-29-20-39-41(33(29)38-22-37-32)27-13-16-40(17-14-27)21-23-9-11-25(12-10-23)31-28(24-6-2-1-3-7-24)18-26(19-36-31)30-8-4-5-15-35-30/h1-12,15,18-20,22,27H,13-14,16-17,21,34H2. The van der Waals surface area contributed by atoms with Gasteiger partial charge in [-0.25, -0.2) is 0 Å². The van der Waals surface area contributed by atoms with Crippen LogP contribution in [-0.4, -0.2) is 64.6 Å². The number of hydrogen-bond acceptors (Lipinski definition) is 6. The number of benzene rings is 2. The molecule has 6 aromatic rings. The van der Waals surface area contributed by atoms with Gasteiger partial charge in [-0.3, -0.25) is 9.97 Å². The molecule has 1 fully saturated rings. The van der Waals surface area contributed by atoms with E-state index in [0.717, 1.165) is 81.6 Å². The van der Waals surface area contributed by atoms with Crippen molar-refractivity contribution < 1.29 is 0 Å². The number of fused-ring (bicyclic) bond motifs is 1. The molecule has 1 aliphatic rings. The molecule has 0 aliphatic carbocycles. The van der Waals surface area contributed by atoms with Crippen molar-refractivity contribution in [2.24, 2.45) is 0 Å². The quantitative estimate of drug-likeness (QED) is 0.258. The molecular weight excluding hydrogens is 569 g/mol. The van der Waals surface area contributed by atoms with Crippen LogP contribution in [0.5, 0.6) is 0 Å². The van der Waals surface area contributed by atoms with E-state index in [1.165, 1.54) is 22.4 Å². The van der Waals surface area contributed by atoms with Gasteiger partial charge in [0.05, 0.1) is 11.4 Å². The maximum absolute atomic E-state index is 4.94. The third-order valence-electron chi connectivity index (χ3n) is 7.89. The SMILES string of the molecule is [AsH2]c1ncnc2c1cnn2C1CCN(Cc2ccc(-c3ncc(-c4ccccn4)cc3-c3ccccc3)cc2)CC1. The summed E-state index contributed by atoms with van der Waals surface area (Å²) < 4.78 is 3.16. The number of piperidine rings is 1. The molecule has 0 saturated carbocycles. The van der Waals surface area contributed by atoms with Gasteiger partial charge in [0.25, 0.3) is 0 Å². The molecule has 4 aromatic heterocycles. The maximum atomic E-state index is 4.94. The molecule has 0 amide bonds. The third-order valence-corrected chi connectivity index (χ3v) is 8.86. The molecule has 7 nitrogen and oxygen atoms in total. The van der Waals surface area contributed by atoms with Crippen LogP contribution in [0.3, 0.4) is 0 Å². The zero-order valence-corrected chi connectivity index (χ0v) is 25.1. The second-order valence-electron chi connectivity index (χ2n) is 10.5. The van der Waals surface area contributed by atoms with Crippen LogP contribution in [0.25, 0.3) is 44.7 Å². The van der Waals surface area contributed by atoms with Gasteiger partial charge in [0.15, 0.2) is 0 Å².